The highest BCUT2D eigenvalue weighted by Crippen LogP contribution is 2.27. The number of carbonyl (C=O) groups is 1. The number of rotatable bonds is 5. The summed E-state index contributed by atoms with van der Waals surface area (Å²) in [4.78, 5) is 14.8. The number of piperidine rings is 1. The summed E-state index contributed by atoms with van der Waals surface area (Å²) in [6, 6.07) is 0.857. The lowest BCUT2D eigenvalue weighted by Crippen LogP contribution is -2.50. The maximum absolute atomic E-state index is 12.3. The first-order valence-electron chi connectivity index (χ1n) is 7.67. The smallest absolute Gasteiger partial charge is 0.231 e. The number of hydrogen-bond acceptors (Lipinski definition) is 4. The fourth-order valence-electron chi connectivity index (χ4n) is 3.43. The molecule has 0 spiro atoms. The van der Waals surface area contributed by atoms with Gasteiger partial charge < -0.3 is 21.2 Å². The fraction of sp³-hybridized carbons (Fsp3) is 0.857. The summed E-state index contributed by atoms with van der Waals surface area (Å²) in [5.41, 5.74) is 5.63. The molecule has 0 radical (unpaired) electrons. The van der Waals surface area contributed by atoms with Crippen molar-refractivity contribution in [1.29, 1.82) is 0 Å². The van der Waals surface area contributed by atoms with E-state index in [0.717, 1.165) is 25.8 Å². The van der Waals surface area contributed by atoms with Crippen LogP contribution in [0.15, 0.2) is 5.16 Å². The van der Waals surface area contributed by atoms with E-state index in [-0.39, 0.29) is 17.8 Å². The molecule has 6 heteroatoms. The molecule has 0 bridgehead atoms. The molecule has 3 unspecified atom stereocenters. The van der Waals surface area contributed by atoms with Crippen LogP contribution < -0.4 is 11.1 Å². The minimum Gasteiger partial charge on any atom is -0.409 e. The van der Waals surface area contributed by atoms with Crippen LogP contribution in [-0.2, 0) is 4.79 Å². The van der Waals surface area contributed by atoms with Crippen molar-refractivity contribution in [2.75, 3.05) is 13.1 Å². The second-order valence-electron chi connectivity index (χ2n) is 5.93. The lowest BCUT2D eigenvalue weighted by atomic mass is 9.95. The molecule has 2 rings (SSSR count). The van der Waals surface area contributed by atoms with E-state index in [4.69, 9.17) is 10.9 Å². The zero-order valence-electron chi connectivity index (χ0n) is 12.2. The van der Waals surface area contributed by atoms with E-state index in [2.05, 4.69) is 15.4 Å². The molecule has 0 aliphatic carbocycles. The molecule has 3 atom stereocenters. The van der Waals surface area contributed by atoms with Gasteiger partial charge in [0.25, 0.3) is 0 Å². The van der Waals surface area contributed by atoms with Gasteiger partial charge in [0, 0.05) is 18.6 Å². The van der Waals surface area contributed by atoms with Crippen molar-refractivity contribution in [3.05, 3.63) is 0 Å². The number of carbonyl (C=O) groups excluding carboxylic acids is 1. The summed E-state index contributed by atoms with van der Waals surface area (Å²) in [6.45, 7) is 4.26. The normalized spacial score (nSPS) is 28.9. The second-order valence-corrected chi connectivity index (χ2v) is 5.93. The number of amides is 1. The van der Waals surface area contributed by atoms with Crippen molar-refractivity contribution in [2.45, 2.75) is 57.5 Å². The third kappa shape index (κ3) is 3.42. The highest BCUT2D eigenvalue weighted by Gasteiger charge is 2.33. The summed E-state index contributed by atoms with van der Waals surface area (Å²) >= 11 is 0. The monoisotopic (exact) mass is 282 g/mol. The zero-order chi connectivity index (χ0) is 14.5. The Balaban J connectivity index is 1.89. The number of oxime groups is 1. The van der Waals surface area contributed by atoms with Crippen LogP contribution >= 0.6 is 0 Å². The number of fused-ring (bicyclic) bond motifs is 1. The van der Waals surface area contributed by atoms with Crippen LogP contribution in [0.4, 0.5) is 0 Å². The van der Waals surface area contributed by atoms with Crippen molar-refractivity contribution in [3.63, 3.8) is 0 Å². The van der Waals surface area contributed by atoms with Crippen LogP contribution in [0.1, 0.15) is 45.4 Å². The van der Waals surface area contributed by atoms with E-state index in [0.29, 0.717) is 12.5 Å². The summed E-state index contributed by atoms with van der Waals surface area (Å²) in [7, 11) is 0. The van der Waals surface area contributed by atoms with E-state index < -0.39 is 5.92 Å². The quantitative estimate of drug-likeness (QED) is 0.302. The largest absolute Gasteiger partial charge is 0.409 e. The Labute approximate surface area is 120 Å². The van der Waals surface area contributed by atoms with Crippen molar-refractivity contribution < 1.29 is 10.0 Å². The summed E-state index contributed by atoms with van der Waals surface area (Å²) in [6.07, 6.45) is 5.98. The van der Waals surface area contributed by atoms with Gasteiger partial charge in [0.2, 0.25) is 5.91 Å². The van der Waals surface area contributed by atoms with Crippen LogP contribution in [0.25, 0.3) is 0 Å². The topological polar surface area (TPSA) is 91.0 Å². The van der Waals surface area contributed by atoms with Crippen LogP contribution in [0.3, 0.4) is 0 Å². The number of hydrogen-bond donors (Lipinski definition) is 3. The van der Waals surface area contributed by atoms with Gasteiger partial charge in [0.1, 0.15) is 0 Å². The lowest BCUT2D eigenvalue weighted by molar-refractivity contribution is -0.124. The van der Waals surface area contributed by atoms with E-state index in [1.807, 2.05) is 6.92 Å². The van der Waals surface area contributed by atoms with Gasteiger partial charge in [-0.25, -0.2) is 0 Å². The van der Waals surface area contributed by atoms with Gasteiger partial charge in [0.15, 0.2) is 5.84 Å². The average Bonchev–Trinajstić information content (AvgIpc) is 2.91. The molecule has 2 fully saturated rings. The third-order valence-corrected chi connectivity index (χ3v) is 4.53. The average molecular weight is 282 g/mol. The van der Waals surface area contributed by atoms with Crippen molar-refractivity contribution in [2.24, 2.45) is 16.8 Å². The standard InChI is InChI=1S/C14H26N4O2/c1-2-4-12(13(15)17-20)14(19)16-10-6-8-18-7-3-5-11(18)9-10/h10-12,20H,2-9H2,1H3,(H2,15,17)(H,16,19). The zero-order valence-corrected chi connectivity index (χ0v) is 12.2. The van der Waals surface area contributed by atoms with E-state index in [9.17, 15) is 4.79 Å². The molecule has 1 amide bonds. The molecule has 4 N–H and O–H groups in total. The maximum atomic E-state index is 12.3. The van der Waals surface area contributed by atoms with Crippen LogP contribution in [0.5, 0.6) is 0 Å². The first kappa shape index (κ1) is 15.1. The summed E-state index contributed by atoms with van der Waals surface area (Å²) in [5, 5.41) is 14.9. The minimum absolute atomic E-state index is 0.0163. The van der Waals surface area contributed by atoms with Gasteiger partial charge in [-0.05, 0) is 38.6 Å². The van der Waals surface area contributed by atoms with Crippen LogP contribution in [0.2, 0.25) is 0 Å². The van der Waals surface area contributed by atoms with Gasteiger partial charge in [-0.2, -0.15) is 0 Å². The molecule has 0 saturated carbocycles. The Morgan fingerprint density at radius 1 is 1.50 bits per heavy atom. The molecule has 2 heterocycles. The molecular weight excluding hydrogens is 256 g/mol. The molecule has 114 valence electrons. The first-order valence-corrected chi connectivity index (χ1v) is 7.67. The van der Waals surface area contributed by atoms with Gasteiger partial charge in [-0.3, -0.25) is 4.79 Å². The number of amidine groups is 1. The second kappa shape index (κ2) is 6.92. The molecule has 20 heavy (non-hydrogen) atoms. The predicted octanol–water partition coefficient (Wildman–Crippen LogP) is 0.892. The van der Waals surface area contributed by atoms with Crippen LogP contribution in [0, 0.1) is 5.92 Å². The third-order valence-electron chi connectivity index (χ3n) is 4.53. The maximum Gasteiger partial charge on any atom is 0.231 e. The first-order chi connectivity index (χ1) is 9.65. The summed E-state index contributed by atoms with van der Waals surface area (Å²) < 4.78 is 0. The van der Waals surface area contributed by atoms with Gasteiger partial charge in [-0.15, -0.1) is 0 Å². The SMILES string of the molecule is CCCC(C(=O)NC1CCN2CCCC2C1)C(N)=NO. The van der Waals surface area contributed by atoms with E-state index in [1.54, 1.807) is 0 Å². The van der Waals surface area contributed by atoms with Gasteiger partial charge in [-0.1, -0.05) is 18.5 Å². The molecule has 0 aromatic rings. The Morgan fingerprint density at radius 2 is 2.30 bits per heavy atom. The fourth-order valence-corrected chi connectivity index (χ4v) is 3.43. The predicted molar refractivity (Wildman–Crippen MR) is 77.6 cm³/mol. The molecule has 6 nitrogen and oxygen atoms in total. The van der Waals surface area contributed by atoms with Crippen molar-refractivity contribution in [1.82, 2.24) is 10.2 Å². The molecule has 2 saturated heterocycles. The summed E-state index contributed by atoms with van der Waals surface area (Å²) in [5.74, 6) is -0.590. The van der Waals surface area contributed by atoms with Crippen molar-refractivity contribution in [3.8, 4) is 0 Å². The highest BCUT2D eigenvalue weighted by molar-refractivity contribution is 6.02. The molecular formula is C14H26N4O2. The molecule has 0 aromatic carbocycles. The Kier molecular flexibility index (Phi) is 5.23. The Bertz CT molecular complexity index is 372. The van der Waals surface area contributed by atoms with E-state index in [1.165, 1.54) is 19.4 Å². The molecule has 2 aliphatic rings. The van der Waals surface area contributed by atoms with Crippen molar-refractivity contribution >= 4 is 11.7 Å². The number of nitrogens with two attached hydrogens (primary N) is 1. The molecule has 2 aliphatic heterocycles. The highest BCUT2D eigenvalue weighted by atomic mass is 16.4. The molecule has 0 aromatic heterocycles. The minimum atomic E-state index is -0.508. The Hall–Kier alpha value is -1.30. The lowest BCUT2D eigenvalue weighted by Gasteiger charge is -2.35. The van der Waals surface area contributed by atoms with E-state index >= 15 is 0 Å². The van der Waals surface area contributed by atoms with Gasteiger partial charge >= 0.3 is 0 Å². The van der Waals surface area contributed by atoms with Gasteiger partial charge in [0.05, 0.1) is 5.92 Å². The van der Waals surface area contributed by atoms with Crippen LogP contribution in [-0.4, -0.2) is 47.0 Å². The Morgan fingerprint density at radius 3 is 3.00 bits per heavy atom. The number of nitrogens with one attached hydrogen (secondary N) is 1. The number of nitrogens with zero attached hydrogens (tertiary/aromatic N) is 2.